The molecule has 1 amide bonds. The molecule has 3 N–H and O–H groups in total. The Hall–Kier alpha value is -2.36. The molecule has 1 aromatic carbocycles. The first-order valence-electron chi connectivity index (χ1n) is 5.69. The van der Waals surface area contributed by atoms with Gasteiger partial charge in [0.15, 0.2) is 0 Å². The topological polar surface area (TPSA) is 68.0 Å². The Morgan fingerprint density at radius 1 is 1.39 bits per heavy atom. The van der Waals surface area contributed by atoms with E-state index in [1.807, 2.05) is 31.2 Å². The molecular formula is C14H15N3O. The van der Waals surface area contributed by atoms with Gasteiger partial charge in [0.1, 0.15) is 0 Å². The van der Waals surface area contributed by atoms with Gasteiger partial charge in [-0.2, -0.15) is 0 Å². The predicted octanol–water partition coefficient (Wildman–Crippen LogP) is 1.90. The van der Waals surface area contributed by atoms with Crippen LogP contribution in [0.1, 0.15) is 21.5 Å². The van der Waals surface area contributed by atoms with E-state index in [0.29, 0.717) is 17.8 Å². The lowest BCUT2D eigenvalue weighted by Crippen LogP contribution is -2.23. The maximum Gasteiger partial charge on any atom is 0.251 e. The second kappa shape index (κ2) is 5.31. The number of aromatic nitrogens is 1. The fraction of sp³-hybridized carbons (Fsp3) is 0.143. The summed E-state index contributed by atoms with van der Waals surface area (Å²) >= 11 is 0. The fourth-order valence-electron chi connectivity index (χ4n) is 1.73. The molecule has 0 aliphatic carbocycles. The van der Waals surface area contributed by atoms with Crippen LogP contribution in [-0.4, -0.2) is 10.9 Å². The quantitative estimate of drug-likeness (QED) is 0.806. The lowest BCUT2D eigenvalue weighted by Gasteiger charge is -2.06. The molecule has 0 aliphatic rings. The third kappa shape index (κ3) is 3.07. The van der Waals surface area contributed by atoms with Crippen LogP contribution in [0.3, 0.4) is 0 Å². The Kier molecular flexibility index (Phi) is 3.57. The van der Waals surface area contributed by atoms with E-state index in [4.69, 9.17) is 5.73 Å². The van der Waals surface area contributed by atoms with E-state index in [-0.39, 0.29) is 5.91 Å². The van der Waals surface area contributed by atoms with Crippen LogP contribution in [0.2, 0.25) is 0 Å². The minimum atomic E-state index is -0.130. The lowest BCUT2D eigenvalue weighted by molar-refractivity contribution is 0.0951. The maximum absolute atomic E-state index is 11.9. The summed E-state index contributed by atoms with van der Waals surface area (Å²) in [5.41, 5.74) is 8.83. The van der Waals surface area contributed by atoms with Gasteiger partial charge in [0, 0.05) is 30.2 Å². The number of carbonyl (C=O) groups is 1. The van der Waals surface area contributed by atoms with E-state index >= 15 is 0 Å². The van der Waals surface area contributed by atoms with E-state index in [9.17, 15) is 4.79 Å². The first-order chi connectivity index (χ1) is 8.65. The highest BCUT2D eigenvalue weighted by molar-refractivity contribution is 5.95. The summed E-state index contributed by atoms with van der Waals surface area (Å²) in [5, 5.41) is 2.84. The van der Waals surface area contributed by atoms with Gasteiger partial charge in [-0.3, -0.25) is 9.78 Å². The summed E-state index contributed by atoms with van der Waals surface area (Å²) in [6.07, 6.45) is 3.43. The number of nitrogen functional groups attached to an aromatic ring is 1. The minimum absolute atomic E-state index is 0.130. The molecular weight excluding hydrogens is 226 g/mol. The first kappa shape index (κ1) is 12.1. The van der Waals surface area contributed by atoms with E-state index in [1.54, 1.807) is 18.5 Å². The molecule has 0 atom stereocenters. The van der Waals surface area contributed by atoms with Crippen LogP contribution in [0.5, 0.6) is 0 Å². The zero-order valence-electron chi connectivity index (χ0n) is 10.2. The maximum atomic E-state index is 11.9. The van der Waals surface area contributed by atoms with Crippen molar-refractivity contribution in [2.75, 3.05) is 5.73 Å². The van der Waals surface area contributed by atoms with Crippen LogP contribution in [0.25, 0.3) is 0 Å². The van der Waals surface area contributed by atoms with Crippen LogP contribution in [0.15, 0.2) is 42.7 Å². The largest absolute Gasteiger partial charge is 0.399 e. The van der Waals surface area contributed by atoms with Crippen LogP contribution < -0.4 is 11.1 Å². The number of nitrogens with one attached hydrogen (secondary N) is 1. The Balaban J connectivity index is 2.04. The number of amides is 1. The van der Waals surface area contributed by atoms with Gasteiger partial charge in [-0.1, -0.05) is 6.07 Å². The number of pyridine rings is 1. The van der Waals surface area contributed by atoms with Gasteiger partial charge in [-0.15, -0.1) is 0 Å². The van der Waals surface area contributed by atoms with Crippen LogP contribution >= 0.6 is 0 Å². The number of aryl methyl sites for hydroxylation is 1. The molecule has 0 bridgehead atoms. The van der Waals surface area contributed by atoms with Gasteiger partial charge in [-0.25, -0.2) is 0 Å². The smallest absolute Gasteiger partial charge is 0.251 e. The summed E-state index contributed by atoms with van der Waals surface area (Å²) < 4.78 is 0. The zero-order valence-corrected chi connectivity index (χ0v) is 10.2. The SMILES string of the molecule is Cc1cc(N)cc(C(=O)NCc2cccnc2)c1. The van der Waals surface area contributed by atoms with Crippen molar-refractivity contribution in [1.82, 2.24) is 10.3 Å². The van der Waals surface area contributed by atoms with Gasteiger partial charge in [-0.05, 0) is 42.3 Å². The van der Waals surface area contributed by atoms with Gasteiger partial charge in [0.25, 0.3) is 5.91 Å². The molecule has 92 valence electrons. The standard InChI is InChI=1S/C14H15N3O/c1-10-5-12(7-13(15)6-10)14(18)17-9-11-3-2-4-16-8-11/h2-8H,9,15H2,1H3,(H,17,18). The van der Waals surface area contributed by atoms with E-state index in [1.165, 1.54) is 0 Å². The summed E-state index contributed by atoms with van der Waals surface area (Å²) in [4.78, 5) is 15.9. The van der Waals surface area contributed by atoms with Crippen molar-refractivity contribution in [3.05, 3.63) is 59.4 Å². The molecule has 0 fully saturated rings. The van der Waals surface area contributed by atoms with E-state index in [2.05, 4.69) is 10.3 Å². The van der Waals surface area contributed by atoms with Crippen LogP contribution in [0.4, 0.5) is 5.69 Å². The Labute approximate surface area is 106 Å². The number of rotatable bonds is 3. The van der Waals surface area contributed by atoms with Gasteiger partial charge in [0.2, 0.25) is 0 Å². The average Bonchev–Trinajstić information content (AvgIpc) is 2.36. The minimum Gasteiger partial charge on any atom is -0.399 e. The molecule has 0 saturated carbocycles. The monoisotopic (exact) mass is 241 g/mol. The van der Waals surface area contributed by atoms with Crippen molar-refractivity contribution in [3.8, 4) is 0 Å². The van der Waals surface area contributed by atoms with Crippen molar-refractivity contribution >= 4 is 11.6 Å². The summed E-state index contributed by atoms with van der Waals surface area (Å²) in [6, 6.07) is 9.07. The average molecular weight is 241 g/mol. The highest BCUT2D eigenvalue weighted by Crippen LogP contribution is 2.11. The molecule has 18 heavy (non-hydrogen) atoms. The molecule has 0 radical (unpaired) electrons. The van der Waals surface area contributed by atoms with Crippen LogP contribution in [0, 0.1) is 6.92 Å². The molecule has 1 heterocycles. The van der Waals surface area contributed by atoms with E-state index < -0.39 is 0 Å². The van der Waals surface area contributed by atoms with Crippen molar-refractivity contribution < 1.29 is 4.79 Å². The number of anilines is 1. The van der Waals surface area contributed by atoms with Crippen molar-refractivity contribution in [1.29, 1.82) is 0 Å². The van der Waals surface area contributed by atoms with Gasteiger partial charge < -0.3 is 11.1 Å². The predicted molar refractivity (Wildman–Crippen MR) is 71.0 cm³/mol. The molecule has 0 saturated heterocycles. The van der Waals surface area contributed by atoms with Crippen molar-refractivity contribution in [2.24, 2.45) is 0 Å². The summed E-state index contributed by atoms with van der Waals surface area (Å²) in [7, 11) is 0. The number of hydrogen-bond donors (Lipinski definition) is 2. The molecule has 4 nitrogen and oxygen atoms in total. The Bertz CT molecular complexity index is 532. The highest BCUT2D eigenvalue weighted by atomic mass is 16.1. The third-order valence-corrected chi connectivity index (χ3v) is 2.54. The molecule has 2 aromatic rings. The molecule has 0 unspecified atom stereocenters. The number of nitrogens with two attached hydrogens (primary N) is 1. The number of benzene rings is 1. The lowest BCUT2D eigenvalue weighted by atomic mass is 10.1. The summed E-state index contributed by atoms with van der Waals surface area (Å²) in [6.45, 7) is 2.37. The van der Waals surface area contributed by atoms with Gasteiger partial charge in [0.05, 0.1) is 0 Å². The molecule has 0 aliphatic heterocycles. The number of nitrogens with zero attached hydrogens (tertiary/aromatic N) is 1. The van der Waals surface area contributed by atoms with Crippen molar-refractivity contribution in [3.63, 3.8) is 0 Å². The van der Waals surface area contributed by atoms with Gasteiger partial charge >= 0.3 is 0 Å². The molecule has 0 spiro atoms. The Morgan fingerprint density at radius 3 is 2.89 bits per heavy atom. The molecule has 2 rings (SSSR count). The number of hydrogen-bond acceptors (Lipinski definition) is 3. The number of carbonyl (C=O) groups excluding carboxylic acids is 1. The third-order valence-electron chi connectivity index (χ3n) is 2.54. The second-order valence-corrected chi connectivity index (χ2v) is 4.18. The zero-order chi connectivity index (χ0) is 13.0. The highest BCUT2D eigenvalue weighted by Gasteiger charge is 2.06. The van der Waals surface area contributed by atoms with Crippen LogP contribution in [-0.2, 0) is 6.54 Å². The Morgan fingerprint density at radius 2 is 2.22 bits per heavy atom. The summed E-state index contributed by atoms with van der Waals surface area (Å²) in [5.74, 6) is -0.130. The fourth-order valence-corrected chi connectivity index (χ4v) is 1.73. The first-order valence-corrected chi connectivity index (χ1v) is 5.69. The molecule has 1 aromatic heterocycles. The van der Waals surface area contributed by atoms with Crippen molar-refractivity contribution in [2.45, 2.75) is 13.5 Å². The normalized spacial score (nSPS) is 10.1. The van der Waals surface area contributed by atoms with E-state index in [0.717, 1.165) is 11.1 Å². The molecule has 4 heteroatoms. The second-order valence-electron chi connectivity index (χ2n) is 4.18.